The fraction of sp³-hybridized carbons (Fsp3) is 0.800. The van der Waals surface area contributed by atoms with Gasteiger partial charge in [-0.2, -0.15) is 11.1 Å². The molecule has 0 saturated heterocycles. The Hall–Kier alpha value is -0.420. The van der Waals surface area contributed by atoms with Crippen LogP contribution in [0.2, 0.25) is 0 Å². The highest BCUT2D eigenvalue weighted by molar-refractivity contribution is 4.81. The maximum Gasteiger partial charge on any atom is 0.0148 e. The first-order valence-corrected chi connectivity index (χ1v) is 5.50. The first kappa shape index (κ1) is 13.6. The van der Waals surface area contributed by atoms with Crippen molar-refractivity contribution in [3.05, 3.63) is 12.2 Å². The molecule has 0 aromatic rings. The number of nitrogens with one attached hydrogen (secondary N) is 3. The van der Waals surface area contributed by atoms with Gasteiger partial charge in [0.25, 0.3) is 0 Å². The van der Waals surface area contributed by atoms with Gasteiger partial charge in [0.15, 0.2) is 0 Å². The zero-order valence-corrected chi connectivity index (χ0v) is 9.18. The van der Waals surface area contributed by atoms with Gasteiger partial charge in [-0.25, -0.2) is 5.43 Å². The Morgan fingerprint density at radius 3 is 2.57 bits per heavy atom. The molecule has 5 N–H and O–H groups in total. The van der Waals surface area contributed by atoms with Crippen molar-refractivity contribution in [3.8, 4) is 0 Å². The summed E-state index contributed by atoms with van der Waals surface area (Å²) in [5, 5.41) is 0. The number of nitrogens with two attached hydrogens (primary N) is 1. The molecule has 0 aromatic heterocycles. The molecule has 0 atom stereocenters. The lowest BCUT2D eigenvalue weighted by molar-refractivity contribution is 0.448. The van der Waals surface area contributed by atoms with Crippen LogP contribution in [0, 0.1) is 0 Å². The molecule has 0 unspecified atom stereocenters. The van der Waals surface area contributed by atoms with Gasteiger partial charge in [0.1, 0.15) is 0 Å². The summed E-state index contributed by atoms with van der Waals surface area (Å²) in [5.41, 5.74) is 7.83. The first-order valence-electron chi connectivity index (χ1n) is 5.50. The van der Waals surface area contributed by atoms with E-state index in [0.717, 1.165) is 13.0 Å². The molecule has 0 aliphatic rings. The molecule has 0 amide bonds. The lowest BCUT2D eigenvalue weighted by atomic mass is 10.1. The van der Waals surface area contributed by atoms with Gasteiger partial charge >= 0.3 is 0 Å². The molecule has 0 aliphatic heterocycles. The molecule has 0 aliphatic carbocycles. The minimum atomic E-state index is 0.885. The molecule has 4 nitrogen and oxygen atoms in total. The molecule has 0 rings (SSSR count). The SMILES string of the molecule is CCCCCCC=CCCNNNN. The fourth-order valence-electron chi connectivity index (χ4n) is 1.19. The van der Waals surface area contributed by atoms with Crippen molar-refractivity contribution in [1.82, 2.24) is 16.5 Å². The number of rotatable bonds is 10. The number of unbranched alkanes of at least 4 members (excludes halogenated alkanes) is 4. The van der Waals surface area contributed by atoms with Gasteiger partial charge in [0.05, 0.1) is 0 Å². The Morgan fingerprint density at radius 2 is 1.86 bits per heavy atom. The van der Waals surface area contributed by atoms with Crippen molar-refractivity contribution < 1.29 is 0 Å². The van der Waals surface area contributed by atoms with Crippen molar-refractivity contribution in [3.63, 3.8) is 0 Å². The number of allylic oxidation sites excluding steroid dienone is 1. The van der Waals surface area contributed by atoms with E-state index < -0.39 is 0 Å². The summed E-state index contributed by atoms with van der Waals surface area (Å²) >= 11 is 0. The van der Waals surface area contributed by atoms with E-state index in [0.29, 0.717) is 0 Å². The maximum atomic E-state index is 5.00. The number of hydrogen-bond donors (Lipinski definition) is 4. The smallest absolute Gasteiger partial charge is 0.0148 e. The highest BCUT2D eigenvalue weighted by Crippen LogP contribution is 2.02. The molecule has 14 heavy (non-hydrogen) atoms. The summed E-state index contributed by atoms with van der Waals surface area (Å²) in [6.45, 7) is 3.12. The predicted molar refractivity (Wildman–Crippen MR) is 61.0 cm³/mol. The molecule has 0 heterocycles. The van der Waals surface area contributed by atoms with E-state index in [4.69, 9.17) is 5.84 Å². The molecule has 0 spiro atoms. The Morgan fingerprint density at radius 1 is 1.07 bits per heavy atom. The van der Waals surface area contributed by atoms with Crippen molar-refractivity contribution in [1.29, 1.82) is 0 Å². The van der Waals surface area contributed by atoms with Gasteiger partial charge in [-0.15, -0.1) is 0 Å². The molecular formula is C10H24N4. The molecule has 84 valence electrons. The Bertz CT molecular complexity index is 111. The second kappa shape index (κ2) is 12.6. The second-order valence-electron chi connectivity index (χ2n) is 3.31. The Balaban J connectivity index is 2.96. The zero-order chi connectivity index (χ0) is 10.5. The van der Waals surface area contributed by atoms with Crippen LogP contribution < -0.4 is 22.3 Å². The summed E-state index contributed by atoms with van der Waals surface area (Å²) in [7, 11) is 0. The maximum absolute atomic E-state index is 5.00. The van der Waals surface area contributed by atoms with Crippen LogP contribution in [0.4, 0.5) is 0 Å². The molecule has 0 fully saturated rings. The first-order chi connectivity index (χ1) is 6.91. The molecular weight excluding hydrogens is 176 g/mol. The van der Waals surface area contributed by atoms with E-state index in [1.165, 1.54) is 32.1 Å². The van der Waals surface area contributed by atoms with Crippen LogP contribution in [-0.4, -0.2) is 6.54 Å². The van der Waals surface area contributed by atoms with Crippen molar-refractivity contribution in [2.45, 2.75) is 45.4 Å². The topological polar surface area (TPSA) is 62.1 Å². The third-order valence-electron chi connectivity index (χ3n) is 1.99. The number of hydrogen-bond acceptors (Lipinski definition) is 4. The standard InChI is InChI=1S/C10H24N4/c1-2-3-4-5-6-7-8-9-10-12-14-13-11/h7-8,12-14H,2-6,9-11H2,1H3. The van der Waals surface area contributed by atoms with E-state index in [9.17, 15) is 0 Å². The van der Waals surface area contributed by atoms with Crippen LogP contribution in [0.5, 0.6) is 0 Å². The van der Waals surface area contributed by atoms with E-state index in [1.807, 2.05) is 0 Å². The van der Waals surface area contributed by atoms with Crippen LogP contribution in [0.15, 0.2) is 12.2 Å². The zero-order valence-electron chi connectivity index (χ0n) is 9.18. The van der Waals surface area contributed by atoms with E-state index in [2.05, 4.69) is 35.6 Å². The van der Waals surface area contributed by atoms with Crippen molar-refractivity contribution in [2.75, 3.05) is 6.54 Å². The number of hydrazine groups is 3. The second-order valence-corrected chi connectivity index (χ2v) is 3.31. The van der Waals surface area contributed by atoms with Gasteiger partial charge in [0, 0.05) is 6.54 Å². The van der Waals surface area contributed by atoms with E-state index in [-0.39, 0.29) is 0 Å². The monoisotopic (exact) mass is 200 g/mol. The lowest BCUT2D eigenvalue weighted by Crippen LogP contribution is -2.47. The summed E-state index contributed by atoms with van der Waals surface area (Å²) < 4.78 is 0. The summed E-state index contributed by atoms with van der Waals surface area (Å²) in [6, 6.07) is 0. The van der Waals surface area contributed by atoms with Gasteiger partial charge in [-0.05, 0) is 19.3 Å². The highest BCUT2D eigenvalue weighted by atomic mass is 15.7. The summed E-state index contributed by atoms with van der Waals surface area (Å²) in [6.07, 6.45) is 12.1. The summed E-state index contributed by atoms with van der Waals surface area (Å²) in [5.74, 6) is 5.00. The Labute approximate surface area is 87.2 Å². The van der Waals surface area contributed by atoms with Gasteiger partial charge in [0.2, 0.25) is 0 Å². The molecule has 0 bridgehead atoms. The van der Waals surface area contributed by atoms with Crippen LogP contribution in [0.1, 0.15) is 45.4 Å². The Kier molecular flexibility index (Phi) is 12.2. The normalized spacial score (nSPS) is 11.3. The fourth-order valence-corrected chi connectivity index (χ4v) is 1.19. The van der Waals surface area contributed by atoms with Crippen LogP contribution in [0.25, 0.3) is 0 Å². The van der Waals surface area contributed by atoms with Gasteiger partial charge < -0.3 is 0 Å². The van der Waals surface area contributed by atoms with Crippen LogP contribution in [-0.2, 0) is 0 Å². The lowest BCUT2D eigenvalue weighted by Gasteiger charge is -2.01. The minimum Gasteiger partial charge on any atom is -0.257 e. The quantitative estimate of drug-likeness (QED) is 0.186. The highest BCUT2D eigenvalue weighted by Gasteiger charge is 1.84. The third kappa shape index (κ3) is 11.6. The predicted octanol–water partition coefficient (Wildman–Crippen LogP) is 1.38. The average molecular weight is 200 g/mol. The minimum absolute atomic E-state index is 0.885. The van der Waals surface area contributed by atoms with Gasteiger partial charge in [-0.3, -0.25) is 5.84 Å². The van der Waals surface area contributed by atoms with Crippen LogP contribution >= 0.6 is 0 Å². The summed E-state index contributed by atoms with van der Waals surface area (Å²) in [4.78, 5) is 0. The van der Waals surface area contributed by atoms with Gasteiger partial charge in [-0.1, -0.05) is 38.3 Å². The molecule has 0 radical (unpaired) electrons. The van der Waals surface area contributed by atoms with E-state index >= 15 is 0 Å². The molecule has 0 saturated carbocycles. The van der Waals surface area contributed by atoms with E-state index in [1.54, 1.807) is 0 Å². The van der Waals surface area contributed by atoms with Crippen molar-refractivity contribution in [2.24, 2.45) is 5.84 Å². The molecule has 0 aromatic carbocycles. The third-order valence-corrected chi connectivity index (χ3v) is 1.99. The van der Waals surface area contributed by atoms with Crippen molar-refractivity contribution >= 4 is 0 Å². The largest absolute Gasteiger partial charge is 0.257 e. The average Bonchev–Trinajstić information content (AvgIpc) is 2.21. The van der Waals surface area contributed by atoms with Crippen LogP contribution in [0.3, 0.4) is 0 Å². The molecule has 4 heteroatoms.